The fourth-order valence-corrected chi connectivity index (χ4v) is 2.20. The van der Waals surface area contributed by atoms with Gasteiger partial charge in [-0.15, -0.1) is 10.2 Å². The minimum atomic E-state index is -4.60. The highest BCUT2D eigenvalue weighted by atomic mass is 32.2. The summed E-state index contributed by atoms with van der Waals surface area (Å²) in [4.78, 5) is 11.1. The van der Waals surface area contributed by atoms with Gasteiger partial charge in [-0.2, -0.15) is 13.2 Å². The van der Waals surface area contributed by atoms with Crippen LogP contribution in [0.5, 0.6) is 0 Å². The monoisotopic (exact) mass is 304 g/mol. The normalized spacial score (nSPS) is 11.6. The first kappa shape index (κ1) is 14.4. The summed E-state index contributed by atoms with van der Waals surface area (Å²) in [5.41, 5.74) is -1.50. The first-order chi connectivity index (χ1) is 9.27. The first-order valence-electron chi connectivity index (χ1n) is 5.20. The van der Waals surface area contributed by atoms with Crippen molar-refractivity contribution in [3.8, 4) is 0 Å². The van der Waals surface area contributed by atoms with E-state index in [2.05, 4.69) is 10.2 Å². The van der Waals surface area contributed by atoms with Gasteiger partial charge in [0.15, 0.2) is 0 Å². The molecule has 0 bridgehead atoms. The SMILES string of the molecule is Cc1nnc(Sc2ccc(C(F)(F)F)cc2C(=O)O)o1. The molecule has 0 atom stereocenters. The number of carboxylic acid groups (broad SMARTS) is 1. The van der Waals surface area contributed by atoms with Crippen molar-refractivity contribution in [2.75, 3.05) is 0 Å². The van der Waals surface area contributed by atoms with E-state index in [0.717, 1.165) is 23.9 Å². The molecule has 0 aliphatic rings. The zero-order valence-corrected chi connectivity index (χ0v) is 10.7. The van der Waals surface area contributed by atoms with E-state index in [1.54, 1.807) is 6.92 Å². The Hall–Kier alpha value is -2.03. The zero-order valence-electron chi connectivity index (χ0n) is 9.93. The summed E-state index contributed by atoms with van der Waals surface area (Å²) in [6.45, 7) is 1.54. The van der Waals surface area contributed by atoms with Crippen molar-refractivity contribution in [2.24, 2.45) is 0 Å². The van der Waals surface area contributed by atoms with Gasteiger partial charge in [0.05, 0.1) is 11.1 Å². The van der Waals surface area contributed by atoms with E-state index >= 15 is 0 Å². The minimum absolute atomic E-state index is 0.0600. The maximum absolute atomic E-state index is 12.6. The number of benzene rings is 1. The molecule has 106 valence electrons. The van der Waals surface area contributed by atoms with Crippen LogP contribution >= 0.6 is 11.8 Å². The van der Waals surface area contributed by atoms with Crippen molar-refractivity contribution in [1.82, 2.24) is 10.2 Å². The fraction of sp³-hybridized carbons (Fsp3) is 0.182. The lowest BCUT2D eigenvalue weighted by molar-refractivity contribution is -0.137. The third kappa shape index (κ3) is 3.10. The third-order valence-corrected chi connectivity index (χ3v) is 3.16. The van der Waals surface area contributed by atoms with Crippen LogP contribution in [0.3, 0.4) is 0 Å². The second-order valence-electron chi connectivity index (χ2n) is 3.70. The minimum Gasteiger partial charge on any atom is -0.478 e. The van der Waals surface area contributed by atoms with E-state index in [4.69, 9.17) is 9.52 Å². The maximum atomic E-state index is 12.6. The fourth-order valence-electron chi connectivity index (χ4n) is 1.38. The quantitative estimate of drug-likeness (QED) is 0.938. The Balaban J connectivity index is 2.40. The van der Waals surface area contributed by atoms with Crippen LogP contribution in [0.15, 0.2) is 32.7 Å². The van der Waals surface area contributed by atoms with Crippen molar-refractivity contribution in [1.29, 1.82) is 0 Å². The van der Waals surface area contributed by atoms with Gasteiger partial charge < -0.3 is 9.52 Å². The smallest absolute Gasteiger partial charge is 0.416 e. The highest BCUT2D eigenvalue weighted by Crippen LogP contribution is 2.35. The molecule has 0 fully saturated rings. The summed E-state index contributed by atoms with van der Waals surface area (Å²) in [7, 11) is 0. The van der Waals surface area contributed by atoms with Crippen molar-refractivity contribution in [3.05, 3.63) is 35.2 Å². The van der Waals surface area contributed by atoms with E-state index in [1.165, 1.54) is 0 Å². The van der Waals surface area contributed by atoms with E-state index < -0.39 is 23.3 Å². The Kier molecular flexibility index (Phi) is 3.71. The van der Waals surface area contributed by atoms with Gasteiger partial charge in [-0.1, -0.05) is 0 Å². The van der Waals surface area contributed by atoms with Crippen LogP contribution in [0.1, 0.15) is 21.8 Å². The van der Waals surface area contributed by atoms with Gasteiger partial charge in [-0.05, 0) is 30.0 Å². The number of halogens is 3. The maximum Gasteiger partial charge on any atom is 0.416 e. The van der Waals surface area contributed by atoms with Gasteiger partial charge in [-0.25, -0.2) is 4.79 Å². The highest BCUT2D eigenvalue weighted by molar-refractivity contribution is 7.99. The number of carbonyl (C=O) groups is 1. The van der Waals surface area contributed by atoms with Crippen LogP contribution < -0.4 is 0 Å². The number of hydrogen-bond acceptors (Lipinski definition) is 5. The summed E-state index contributed by atoms with van der Waals surface area (Å²) in [6.07, 6.45) is -4.60. The lowest BCUT2D eigenvalue weighted by atomic mass is 10.1. The topological polar surface area (TPSA) is 76.2 Å². The van der Waals surface area contributed by atoms with Crippen molar-refractivity contribution in [3.63, 3.8) is 0 Å². The van der Waals surface area contributed by atoms with Crippen LogP contribution in [0, 0.1) is 6.92 Å². The number of aromatic nitrogens is 2. The summed E-state index contributed by atoms with van der Waals surface area (Å²) in [5, 5.41) is 16.2. The van der Waals surface area contributed by atoms with Gasteiger partial charge in [0.25, 0.3) is 5.22 Å². The second-order valence-corrected chi connectivity index (χ2v) is 4.70. The average molecular weight is 304 g/mol. The number of aryl methyl sites for hydroxylation is 1. The van der Waals surface area contributed by atoms with Gasteiger partial charge in [-0.3, -0.25) is 0 Å². The van der Waals surface area contributed by atoms with Gasteiger partial charge >= 0.3 is 12.1 Å². The molecule has 0 amide bonds. The lowest BCUT2D eigenvalue weighted by Gasteiger charge is -2.09. The van der Waals surface area contributed by atoms with E-state index in [9.17, 15) is 18.0 Å². The summed E-state index contributed by atoms with van der Waals surface area (Å²) >= 11 is 0.794. The molecular formula is C11H7F3N2O3S. The predicted molar refractivity (Wildman–Crippen MR) is 61.6 cm³/mol. The molecule has 1 aromatic carbocycles. The standard InChI is InChI=1S/C11H7F3N2O3S/c1-5-15-16-10(19-5)20-8-3-2-6(11(12,13)14)4-7(8)9(17)18/h2-4H,1H3,(H,17,18). The molecule has 0 aliphatic carbocycles. The van der Waals surface area contributed by atoms with Gasteiger partial charge in [0, 0.05) is 11.8 Å². The Morgan fingerprint density at radius 2 is 2.05 bits per heavy atom. The van der Waals surface area contributed by atoms with Crippen molar-refractivity contribution >= 4 is 17.7 Å². The van der Waals surface area contributed by atoms with Gasteiger partial charge in [0.1, 0.15) is 0 Å². The molecule has 0 unspecified atom stereocenters. The molecule has 2 rings (SSSR count). The molecule has 0 radical (unpaired) electrons. The predicted octanol–water partition coefficient (Wildman–Crippen LogP) is 3.25. The molecule has 9 heteroatoms. The Morgan fingerprint density at radius 1 is 1.35 bits per heavy atom. The zero-order chi connectivity index (χ0) is 14.9. The summed E-state index contributed by atoms with van der Waals surface area (Å²) < 4.78 is 42.7. The van der Waals surface area contributed by atoms with Gasteiger partial charge in [0.2, 0.25) is 5.89 Å². The van der Waals surface area contributed by atoms with E-state index in [0.29, 0.717) is 6.07 Å². The molecule has 20 heavy (non-hydrogen) atoms. The van der Waals surface area contributed by atoms with Crippen molar-refractivity contribution < 1.29 is 27.5 Å². The number of carboxylic acids is 1. The molecule has 0 saturated heterocycles. The molecule has 0 spiro atoms. The highest BCUT2D eigenvalue weighted by Gasteiger charge is 2.32. The van der Waals surface area contributed by atoms with Crippen LogP contribution in [-0.4, -0.2) is 21.3 Å². The molecule has 1 heterocycles. The Morgan fingerprint density at radius 3 is 2.55 bits per heavy atom. The summed E-state index contributed by atoms with van der Waals surface area (Å²) in [5.74, 6) is -1.19. The molecule has 5 nitrogen and oxygen atoms in total. The number of rotatable bonds is 3. The van der Waals surface area contributed by atoms with Crippen LogP contribution in [-0.2, 0) is 6.18 Å². The second kappa shape index (κ2) is 5.16. The molecule has 2 aromatic rings. The number of nitrogens with zero attached hydrogens (tertiary/aromatic N) is 2. The third-order valence-electron chi connectivity index (χ3n) is 2.24. The molecule has 0 aliphatic heterocycles. The molecule has 0 saturated carbocycles. The number of aromatic carboxylic acids is 1. The van der Waals surface area contributed by atoms with E-state index in [-0.39, 0.29) is 16.0 Å². The lowest BCUT2D eigenvalue weighted by Crippen LogP contribution is -2.08. The first-order valence-corrected chi connectivity index (χ1v) is 6.01. The van der Waals surface area contributed by atoms with Crippen molar-refractivity contribution in [2.45, 2.75) is 23.2 Å². The average Bonchev–Trinajstić information content (AvgIpc) is 2.73. The number of hydrogen-bond donors (Lipinski definition) is 1. The Labute approximate surface area is 114 Å². The van der Waals surface area contributed by atoms with E-state index in [1.807, 2.05) is 0 Å². The summed E-state index contributed by atoms with van der Waals surface area (Å²) in [6, 6.07) is 2.45. The Bertz CT molecular complexity index is 655. The number of alkyl halides is 3. The molecule has 1 N–H and O–H groups in total. The van der Waals surface area contributed by atoms with Crippen LogP contribution in [0.2, 0.25) is 0 Å². The van der Waals surface area contributed by atoms with Crippen LogP contribution in [0.25, 0.3) is 0 Å². The molecular weight excluding hydrogens is 297 g/mol. The van der Waals surface area contributed by atoms with Crippen LogP contribution in [0.4, 0.5) is 13.2 Å². The largest absolute Gasteiger partial charge is 0.478 e. The molecule has 1 aromatic heterocycles.